The van der Waals surface area contributed by atoms with Crippen LogP contribution in [0, 0.1) is 5.92 Å². The third kappa shape index (κ3) is 2.82. The molecule has 3 heteroatoms. The van der Waals surface area contributed by atoms with Crippen LogP contribution in [0.1, 0.15) is 64.6 Å². The van der Waals surface area contributed by atoms with Crippen molar-refractivity contribution in [3.8, 4) is 11.5 Å². The number of carbonyl (C=O) groups is 1. The molecular formula is C22H24O3. The third-order valence-electron chi connectivity index (χ3n) is 6.13. The van der Waals surface area contributed by atoms with Gasteiger partial charge in [0, 0.05) is 0 Å². The molecule has 0 bridgehead atoms. The monoisotopic (exact) mass is 336 g/mol. The van der Waals surface area contributed by atoms with Crippen LogP contribution in [-0.4, -0.2) is 18.5 Å². The van der Waals surface area contributed by atoms with Crippen molar-refractivity contribution in [1.29, 1.82) is 0 Å². The molecule has 0 aromatic heterocycles. The Morgan fingerprint density at radius 1 is 1.08 bits per heavy atom. The number of aromatic hydroxyl groups is 1. The molecule has 1 N–H and O–H groups in total. The van der Waals surface area contributed by atoms with Crippen LogP contribution < -0.4 is 4.74 Å². The Kier molecular flexibility index (Phi) is 4.24. The molecule has 0 saturated heterocycles. The van der Waals surface area contributed by atoms with Gasteiger partial charge in [-0.1, -0.05) is 25.0 Å². The van der Waals surface area contributed by atoms with E-state index in [4.69, 9.17) is 4.74 Å². The highest BCUT2D eigenvalue weighted by atomic mass is 16.5. The summed E-state index contributed by atoms with van der Waals surface area (Å²) in [4.78, 5) is 11.2. The molecule has 0 aliphatic heterocycles. The number of aldehydes is 1. The highest BCUT2D eigenvalue weighted by Gasteiger charge is 2.39. The third-order valence-corrected chi connectivity index (χ3v) is 6.13. The number of carbonyl (C=O) groups excluding carboxylic acids is 1. The number of benzene rings is 2. The molecule has 4 rings (SSSR count). The summed E-state index contributed by atoms with van der Waals surface area (Å²) in [7, 11) is 1.69. The molecule has 3 nitrogen and oxygen atoms in total. The standard InChI is InChI=1S/C22H24O3/c1-25-17-8-6-14(7-9-17)20-11-15-10-16(13-23)22(24)12-21(15)19-5-3-2-4-18(19)20/h6-10,12-13,18-20,24H,2-5,11H2,1H3. The number of rotatable bonds is 3. The summed E-state index contributed by atoms with van der Waals surface area (Å²) in [6.07, 6.45) is 6.61. The van der Waals surface area contributed by atoms with Gasteiger partial charge in [0.15, 0.2) is 6.29 Å². The Balaban J connectivity index is 1.77. The summed E-state index contributed by atoms with van der Waals surface area (Å²) in [5, 5.41) is 10.2. The molecular weight excluding hydrogens is 312 g/mol. The van der Waals surface area contributed by atoms with Crippen LogP contribution in [0.4, 0.5) is 0 Å². The van der Waals surface area contributed by atoms with Crippen LogP contribution in [0.3, 0.4) is 0 Å². The van der Waals surface area contributed by atoms with Gasteiger partial charge in [0.25, 0.3) is 0 Å². The molecule has 0 heterocycles. The molecule has 130 valence electrons. The van der Waals surface area contributed by atoms with E-state index in [9.17, 15) is 9.90 Å². The quantitative estimate of drug-likeness (QED) is 0.817. The molecule has 2 aromatic carbocycles. The number of ether oxygens (including phenoxy) is 1. The lowest BCUT2D eigenvalue weighted by Crippen LogP contribution is -2.31. The number of phenolic OH excluding ortho intramolecular Hbond substituents is 1. The highest BCUT2D eigenvalue weighted by molar-refractivity contribution is 5.80. The lowest BCUT2D eigenvalue weighted by atomic mass is 9.61. The molecule has 1 saturated carbocycles. The summed E-state index contributed by atoms with van der Waals surface area (Å²) in [5.41, 5.74) is 4.24. The van der Waals surface area contributed by atoms with Gasteiger partial charge in [0.05, 0.1) is 12.7 Å². The zero-order valence-electron chi connectivity index (χ0n) is 14.6. The van der Waals surface area contributed by atoms with Crippen LogP contribution >= 0.6 is 0 Å². The molecule has 3 unspecified atom stereocenters. The Hall–Kier alpha value is -2.29. The molecule has 0 amide bonds. The average molecular weight is 336 g/mol. The van der Waals surface area contributed by atoms with Crippen molar-refractivity contribution in [2.75, 3.05) is 7.11 Å². The second kappa shape index (κ2) is 6.55. The first-order valence-corrected chi connectivity index (χ1v) is 9.16. The maximum absolute atomic E-state index is 11.2. The fourth-order valence-electron chi connectivity index (χ4n) is 4.92. The van der Waals surface area contributed by atoms with E-state index >= 15 is 0 Å². The van der Waals surface area contributed by atoms with Gasteiger partial charge in [-0.3, -0.25) is 4.79 Å². The first kappa shape index (κ1) is 16.2. The fourth-order valence-corrected chi connectivity index (χ4v) is 4.92. The van der Waals surface area contributed by atoms with E-state index in [2.05, 4.69) is 12.1 Å². The summed E-state index contributed by atoms with van der Waals surface area (Å²) in [6, 6.07) is 12.2. The Morgan fingerprint density at radius 3 is 2.56 bits per heavy atom. The molecule has 3 atom stereocenters. The molecule has 2 aromatic rings. The van der Waals surface area contributed by atoms with E-state index in [0.29, 0.717) is 23.3 Å². The van der Waals surface area contributed by atoms with Gasteiger partial charge in [0.1, 0.15) is 11.5 Å². The zero-order valence-corrected chi connectivity index (χ0v) is 14.6. The summed E-state index contributed by atoms with van der Waals surface area (Å²) < 4.78 is 5.30. The zero-order chi connectivity index (χ0) is 17.4. The number of fused-ring (bicyclic) bond motifs is 3. The van der Waals surface area contributed by atoms with E-state index in [1.807, 2.05) is 24.3 Å². The minimum absolute atomic E-state index is 0.126. The van der Waals surface area contributed by atoms with Crippen molar-refractivity contribution in [2.24, 2.45) is 5.92 Å². The predicted molar refractivity (Wildman–Crippen MR) is 97.6 cm³/mol. The molecule has 2 aliphatic rings. The molecule has 1 fully saturated rings. The van der Waals surface area contributed by atoms with Crippen LogP contribution in [-0.2, 0) is 6.42 Å². The van der Waals surface area contributed by atoms with Gasteiger partial charge in [-0.2, -0.15) is 0 Å². The van der Waals surface area contributed by atoms with Gasteiger partial charge in [-0.05, 0) is 78.0 Å². The second-order valence-corrected chi connectivity index (χ2v) is 7.37. The van der Waals surface area contributed by atoms with Crippen molar-refractivity contribution < 1.29 is 14.6 Å². The van der Waals surface area contributed by atoms with Gasteiger partial charge < -0.3 is 9.84 Å². The summed E-state index contributed by atoms with van der Waals surface area (Å²) in [5.74, 6) is 2.56. The minimum Gasteiger partial charge on any atom is -0.507 e. The van der Waals surface area contributed by atoms with Crippen molar-refractivity contribution in [3.63, 3.8) is 0 Å². The van der Waals surface area contributed by atoms with Crippen molar-refractivity contribution in [2.45, 2.75) is 43.9 Å². The highest BCUT2D eigenvalue weighted by Crippen LogP contribution is 2.52. The Bertz CT molecular complexity index is 779. The second-order valence-electron chi connectivity index (χ2n) is 7.37. The SMILES string of the molecule is COc1ccc(C2Cc3cc(C=O)c(O)cc3C3CCCCC23)cc1. The van der Waals surface area contributed by atoms with Gasteiger partial charge in [-0.25, -0.2) is 0 Å². The Morgan fingerprint density at radius 2 is 1.84 bits per heavy atom. The van der Waals surface area contributed by atoms with E-state index < -0.39 is 0 Å². The van der Waals surface area contributed by atoms with Crippen LogP contribution in [0.25, 0.3) is 0 Å². The first-order valence-electron chi connectivity index (χ1n) is 9.16. The first-order chi connectivity index (χ1) is 12.2. The number of phenols is 1. The van der Waals surface area contributed by atoms with Gasteiger partial charge in [-0.15, -0.1) is 0 Å². The van der Waals surface area contributed by atoms with Crippen molar-refractivity contribution >= 4 is 6.29 Å². The molecule has 0 spiro atoms. The molecule has 2 aliphatic carbocycles. The topological polar surface area (TPSA) is 46.5 Å². The maximum Gasteiger partial charge on any atom is 0.153 e. The molecule has 25 heavy (non-hydrogen) atoms. The number of hydrogen-bond donors (Lipinski definition) is 1. The largest absolute Gasteiger partial charge is 0.507 e. The smallest absolute Gasteiger partial charge is 0.153 e. The van der Waals surface area contributed by atoms with E-state index in [-0.39, 0.29) is 5.75 Å². The lowest BCUT2D eigenvalue weighted by Gasteiger charge is -2.43. The summed E-state index contributed by atoms with van der Waals surface area (Å²) >= 11 is 0. The van der Waals surface area contributed by atoms with E-state index in [1.54, 1.807) is 7.11 Å². The van der Waals surface area contributed by atoms with Crippen LogP contribution in [0.15, 0.2) is 36.4 Å². The van der Waals surface area contributed by atoms with E-state index in [1.165, 1.54) is 42.4 Å². The molecule has 0 radical (unpaired) electrons. The van der Waals surface area contributed by atoms with Crippen LogP contribution in [0.2, 0.25) is 0 Å². The summed E-state index contributed by atoms with van der Waals surface area (Å²) in [6.45, 7) is 0. The minimum atomic E-state index is 0.126. The number of hydrogen-bond acceptors (Lipinski definition) is 3. The lowest BCUT2D eigenvalue weighted by molar-refractivity contribution is 0.112. The predicted octanol–water partition coefficient (Wildman–Crippen LogP) is 4.83. The van der Waals surface area contributed by atoms with Crippen LogP contribution in [0.5, 0.6) is 11.5 Å². The van der Waals surface area contributed by atoms with E-state index in [0.717, 1.165) is 18.5 Å². The van der Waals surface area contributed by atoms with Crippen molar-refractivity contribution in [3.05, 3.63) is 58.7 Å². The normalized spacial score (nSPS) is 24.9. The Labute approximate surface area is 148 Å². The number of methoxy groups -OCH3 is 1. The van der Waals surface area contributed by atoms with Crippen molar-refractivity contribution in [1.82, 2.24) is 0 Å². The maximum atomic E-state index is 11.2. The fraction of sp³-hybridized carbons (Fsp3) is 0.409. The van der Waals surface area contributed by atoms with Gasteiger partial charge in [0.2, 0.25) is 0 Å². The average Bonchev–Trinajstić information content (AvgIpc) is 2.67. The van der Waals surface area contributed by atoms with Gasteiger partial charge >= 0.3 is 0 Å².